The SMILES string of the molecule is Cc1cc(C)c(/C(N)=N/O)c(N2CCC(C)CC2)n1. The molecule has 3 N–H and O–H groups in total. The van der Waals surface area contributed by atoms with Crippen molar-refractivity contribution in [2.75, 3.05) is 18.0 Å². The molecule has 5 nitrogen and oxygen atoms in total. The number of rotatable bonds is 2. The molecule has 0 unspecified atom stereocenters. The van der Waals surface area contributed by atoms with Gasteiger partial charge in [-0.2, -0.15) is 0 Å². The van der Waals surface area contributed by atoms with Gasteiger partial charge in [-0.3, -0.25) is 0 Å². The van der Waals surface area contributed by atoms with Gasteiger partial charge in [0.15, 0.2) is 5.84 Å². The van der Waals surface area contributed by atoms with E-state index in [0.29, 0.717) is 0 Å². The van der Waals surface area contributed by atoms with Gasteiger partial charge in [0.05, 0.1) is 5.56 Å². The number of nitrogens with two attached hydrogens (primary N) is 1. The number of aryl methyl sites for hydroxylation is 2. The molecular weight excluding hydrogens is 240 g/mol. The first-order chi connectivity index (χ1) is 9.02. The summed E-state index contributed by atoms with van der Waals surface area (Å²) in [5.74, 6) is 1.74. The van der Waals surface area contributed by atoms with Crippen LogP contribution >= 0.6 is 0 Å². The number of hydrogen-bond donors (Lipinski definition) is 2. The zero-order valence-corrected chi connectivity index (χ0v) is 11.8. The van der Waals surface area contributed by atoms with Crippen LogP contribution in [0.25, 0.3) is 0 Å². The van der Waals surface area contributed by atoms with Crippen LogP contribution in [0, 0.1) is 19.8 Å². The summed E-state index contributed by atoms with van der Waals surface area (Å²) in [5, 5.41) is 12.1. The molecular formula is C14H22N4O. The van der Waals surface area contributed by atoms with Crippen LogP contribution in [0.4, 0.5) is 5.82 Å². The van der Waals surface area contributed by atoms with Crippen molar-refractivity contribution in [2.24, 2.45) is 16.8 Å². The third-order valence-electron chi connectivity index (χ3n) is 3.77. The van der Waals surface area contributed by atoms with E-state index >= 15 is 0 Å². The first-order valence-electron chi connectivity index (χ1n) is 6.74. The zero-order valence-electron chi connectivity index (χ0n) is 11.8. The highest BCUT2D eigenvalue weighted by molar-refractivity contribution is 6.02. The Labute approximate surface area is 114 Å². The van der Waals surface area contributed by atoms with Crippen molar-refractivity contribution in [3.63, 3.8) is 0 Å². The molecule has 19 heavy (non-hydrogen) atoms. The quantitative estimate of drug-likeness (QED) is 0.370. The molecule has 2 heterocycles. The Hall–Kier alpha value is -1.78. The Bertz CT molecular complexity index is 490. The van der Waals surface area contributed by atoms with Gasteiger partial charge in [-0.05, 0) is 44.2 Å². The molecule has 0 aromatic carbocycles. The molecule has 0 amide bonds. The van der Waals surface area contributed by atoms with Crippen LogP contribution in [-0.4, -0.2) is 29.1 Å². The molecule has 0 atom stereocenters. The predicted molar refractivity (Wildman–Crippen MR) is 76.8 cm³/mol. The summed E-state index contributed by atoms with van der Waals surface area (Å²) in [4.78, 5) is 6.85. The second-order valence-electron chi connectivity index (χ2n) is 5.43. The van der Waals surface area contributed by atoms with Crippen LogP contribution in [0.5, 0.6) is 0 Å². The molecule has 0 bridgehead atoms. The van der Waals surface area contributed by atoms with E-state index in [1.54, 1.807) is 0 Å². The van der Waals surface area contributed by atoms with Crippen molar-refractivity contribution in [2.45, 2.75) is 33.6 Å². The lowest BCUT2D eigenvalue weighted by atomic mass is 9.98. The lowest BCUT2D eigenvalue weighted by molar-refractivity contribution is 0.318. The molecule has 1 aromatic heterocycles. The van der Waals surface area contributed by atoms with Crippen LogP contribution in [0.1, 0.15) is 36.6 Å². The minimum atomic E-state index is 0.138. The molecule has 1 aliphatic heterocycles. The van der Waals surface area contributed by atoms with E-state index in [4.69, 9.17) is 10.9 Å². The topological polar surface area (TPSA) is 74.7 Å². The van der Waals surface area contributed by atoms with Crippen molar-refractivity contribution >= 4 is 11.7 Å². The van der Waals surface area contributed by atoms with E-state index < -0.39 is 0 Å². The molecule has 1 fully saturated rings. The van der Waals surface area contributed by atoms with E-state index in [1.165, 1.54) is 0 Å². The molecule has 1 aromatic rings. The second kappa shape index (κ2) is 5.47. The summed E-state index contributed by atoms with van der Waals surface area (Å²) in [6.45, 7) is 8.17. The third kappa shape index (κ3) is 2.80. The zero-order chi connectivity index (χ0) is 14.0. The van der Waals surface area contributed by atoms with Crippen LogP contribution in [0.15, 0.2) is 11.2 Å². The van der Waals surface area contributed by atoms with Gasteiger partial charge in [0.25, 0.3) is 0 Å². The Morgan fingerprint density at radius 2 is 2.05 bits per heavy atom. The van der Waals surface area contributed by atoms with E-state index in [2.05, 4.69) is 22.0 Å². The summed E-state index contributed by atoms with van der Waals surface area (Å²) < 4.78 is 0. The highest BCUT2D eigenvalue weighted by atomic mass is 16.4. The average molecular weight is 262 g/mol. The van der Waals surface area contributed by atoms with Gasteiger partial charge in [-0.15, -0.1) is 0 Å². The maximum absolute atomic E-state index is 8.96. The summed E-state index contributed by atoms with van der Waals surface area (Å²) in [6.07, 6.45) is 2.31. The van der Waals surface area contributed by atoms with Crippen molar-refractivity contribution in [3.05, 3.63) is 22.9 Å². The number of amidine groups is 1. The lowest BCUT2D eigenvalue weighted by Crippen LogP contribution is -2.35. The standard InChI is InChI=1S/C14H22N4O/c1-9-4-6-18(7-5-9)14-12(13(15)17-19)10(2)8-11(3)16-14/h8-9,19H,4-7H2,1-3H3,(H2,15,17). The maximum Gasteiger partial charge on any atom is 0.174 e. The molecule has 5 heteroatoms. The van der Waals surface area contributed by atoms with Gasteiger partial charge in [0.2, 0.25) is 0 Å². The van der Waals surface area contributed by atoms with Crippen molar-refractivity contribution in [1.29, 1.82) is 0 Å². The monoisotopic (exact) mass is 262 g/mol. The van der Waals surface area contributed by atoms with Crippen molar-refractivity contribution < 1.29 is 5.21 Å². The first kappa shape index (κ1) is 13.6. The molecule has 1 aliphatic rings. The smallest absolute Gasteiger partial charge is 0.174 e. The highest BCUT2D eigenvalue weighted by Crippen LogP contribution is 2.27. The van der Waals surface area contributed by atoms with Gasteiger partial charge in [0.1, 0.15) is 5.82 Å². The van der Waals surface area contributed by atoms with Crippen LogP contribution in [0.3, 0.4) is 0 Å². The molecule has 0 spiro atoms. The van der Waals surface area contributed by atoms with Crippen LogP contribution < -0.4 is 10.6 Å². The third-order valence-corrected chi connectivity index (χ3v) is 3.77. The molecule has 0 aliphatic carbocycles. The number of oxime groups is 1. The van der Waals surface area contributed by atoms with Gasteiger partial charge < -0.3 is 15.8 Å². The maximum atomic E-state index is 8.96. The Morgan fingerprint density at radius 3 is 2.63 bits per heavy atom. The summed E-state index contributed by atoms with van der Waals surface area (Å²) in [6, 6.07) is 1.96. The number of aromatic nitrogens is 1. The Kier molecular flexibility index (Phi) is 3.93. The molecule has 0 saturated carbocycles. The van der Waals surface area contributed by atoms with Crippen molar-refractivity contribution in [1.82, 2.24) is 4.98 Å². The largest absolute Gasteiger partial charge is 0.409 e. The molecule has 2 rings (SSSR count). The number of anilines is 1. The van der Waals surface area contributed by atoms with Crippen LogP contribution in [-0.2, 0) is 0 Å². The van der Waals surface area contributed by atoms with Gasteiger partial charge in [-0.25, -0.2) is 4.98 Å². The van der Waals surface area contributed by atoms with E-state index in [0.717, 1.165) is 54.5 Å². The Balaban J connectivity index is 2.43. The number of piperidine rings is 1. The fraction of sp³-hybridized carbons (Fsp3) is 0.571. The van der Waals surface area contributed by atoms with Gasteiger partial charge >= 0.3 is 0 Å². The van der Waals surface area contributed by atoms with Crippen LogP contribution in [0.2, 0.25) is 0 Å². The predicted octanol–water partition coefficient (Wildman–Crippen LogP) is 2.03. The lowest BCUT2D eigenvalue weighted by Gasteiger charge is -2.33. The highest BCUT2D eigenvalue weighted by Gasteiger charge is 2.22. The second-order valence-corrected chi connectivity index (χ2v) is 5.43. The number of pyridine rings is 1. The normalized spacial score (nSPS) is 17.8. The molecule has 104 valence electrons. The van der Waals surface area contributed by atoms with Gasteiger partial charge in [0, 0.05) is 18.8 Å². The minimum Gasteiger partial charge on any atom is -0.409 e. The Morgan fingerprint density at radius 1 is 1.42 bits per heavy atom. The fourth-order valence-corrected chi connectivity index (χ4v) is 2.63. The molecule has 0 radical (unpaired) electrons. The van der Waals surface area contributed by atoms with Gasteiger partial charge in [-0.1, -0.05) is 12.1 Å². The van der Waals surface area contributed by atoms with E-state index in [-0.39, 0.29) is 5.84 Å². The number of nitrogens with zero attached hydrogens (tertiary/aromatic N) is 3. The summed E-state index contributed by atoms with van der Waals surface area (Å²) >= 11 is 0. The first-order valence-corrected chi connectivity index (χ1v) is 6.74. The van der Waals surface area contributed by atoms with E-state index in [1.807, 2.05) is 19.9 Å². The molecule has 1 saturated heterocycles. The summed E-state index contributed by atoms with van der Waals surface area (Å²) in [5.41, 5.74) is 8.52. The summed E-state index contributed by atoms with van der Waals surface area (Å²) in [7, 11) is 0. The number of hydrogen-bond acceptors (Lipinski definition) is 4. The van der Waals surface area contributed by atoms with Crippen molar-refractivity contribution in [3.8, 4) is 0 Å². The fourth-order valence-electron chi connectivity index (χ4n) is 2.63. The minimum absolute atomic E-state index is 0.138. The average Bonchev–Trinajstić information content (AvgIpc) is 2.38. The van der Waals surface area contributed by atoms with E-state index in [9.17, 15) is 0 Å².